The van der Waals surface area contributed by atoms with Crippen molar-refractivity contribution in [3.05, 3.63) is 46.5 Å². The van der Waals surface area contributed by atoms with Crippen molar-refractivity contribution in [3.63, 3.8) is 0 Å². The maximum absolute atomic E-state index is 11.9. The fourth-order valence-corrected chi connectivity index (χ4v) is 2.54. The van der Waals surface area contributed by atoms with Crippen LogP contribution in [0.3, 0.4) is 0 Å². The number of rotatable bonds is 10. The predicted molar refractivity (Wildman–Crippen MR) is 85.3 cm³/mol. The van der Waals surface area contributed by atoms with E-state index < -0.39 is 0 Å². The Kier molecular flexibility index (Phi) is 9.70. The average molecular weight is 327 g/mol. The van der Waals surface area contributed by atoms with Crippen molar-refractivity contribution in [1.29, 1.82) is 0 Å². The normalized spacial score (nSPS) is 11.3. The van der Waals surface area contributed by atoms with Crippen LogP contribution in [-0.4, -0.2) is 6.67 Å². The van der Waals surface area contributed by atoms with Crippen molar-refractivity contribution >= 4 is 15.9 Å². The van der Waals surface area contributed by atoms with E-state index in [9.17, 15) is 4.39 Å². The van der Waals surface area contributed by atoms with Gasteiger partial charge in [0.15, 0.2) is 0 Å². The third-order valence-corrected chi connectivity index (χ3v) is 3.97. The van der Waals surface area contributed by atoms with Gasteiger partial charge in [0, 0.05) is 4.47 Å². The minimum atomic E-state index is -0.162. The van der Waals surface area contributed by atoms with Gasteiger partial charge in [-0.25, -0.2) is 0 Å². The number of benzene rings is 1. The number of unbranched alkanes of at least 4 members (excludes halogenated alkanes) is 5. The Balaban J connectivity index is 2.00. The molecule has 0 bridgehead atoms. The van der Waals surface area contributed by atoms with E-state index in [4.69, 9.17) is 0 Å². The summed E-state index contributed by atoms with van der Waals surface area (Å²) in [6, 6.07) is 8.42. The van der Waals surface area contributed by atoms with E-state index in [1.807, 2.05) is 0 Å². The van der Waals surface area contributed by atoms with E-state index in [0.29, 0.717) is 0 Å². The number of halogens is 2. The van der Waals surface area contributed by atoms with Crippen molar-refractivity contribution in [2.24, 2.45) is 0 Å². The molecule has 1 aromatic carbocycles. The summed E-state index contributed by atoms with van der Waals surface area (Å²) in [6.45, 7) is -0.162. The minimum Gasteiger partial charge on any atom is -0.251 e. The molecule has 0 radical (unpaired) electrons. The Hall–Kier alpha value is -0.630. The Morgan fingerprint density at radius 3 is 2.32 bits per heavy atom. The smallest absolute Gasteiger partial charge is 0.0894 e. The van der Waals surface area contributed by atoms with Gasteiger partial charge < -0.3 is 0 Å². The number of hydrogen-bond donors (Lipinski definition) is 0. The van der Waals surface area contributed by atoms with Crippen molar-refractivity contribution in [2.45, 2.75) is 51.4 Å². The Bertz CT molecular complexity index is 360. The van der Waals surface area contributed by atoms with Crippen LogP contribution in [0.2, 0.25) is 0 Å². The third-order valence-electron chi connectivity index (χ3n) is 3.20. The van der Waals surface area contributed by atoms with Crippen molar-refractivity contribution in [1.82, 2.24) is 0 Å². The van der Waals surface area contributed by atoms with Crippen molar-refractivity contribution in [2.75, 3.05) is 6.67 Å². The highest BCUT2D eigenvalue weighted by atomic mass is 79.9. The van der Waals surface area contributed by atoms with Gasteiger partial charge in [-0.15, -0.1) is 0 Å². The van der Waals surface area contributed by atoms with Gasteiger partial charge in [-0.3, -0.25) is 4.39 Å². The van der Waals surface area contributed by atoms with Gasteiger partial charge in [0.2, 0.25) is 0 Å². The molecule has 2 heteroatoms. The SMILES string of the molecule is FCCCCCCC=CCCCc1ccccc1Br. The molecule has 1 rings (SSSR count). The molecule has 0 aliphatic heterocycles. The summed E-state index contributed by atoms with van der Waals surface area (Å²) in [5.74, 6) is 0. The summed E-state index contributed by atoms with van der Waals surface area (Å²) in [7, 11) is 0. The molecule has 0 atom stereocenters. The molecule has 0 heterocycles. The minimum absolute atomic E-state index is 0.162. The summed E-state index contributed by atoms with van der Waals surface area (Å²) in [5, 5.41) is 0. The summed E-state index contributed by atoms with van der Waals surface area (Å²) in [5.41, 5.74) is 1.39. The van der Waals surface area contributed by atoms with Crippen LogP contribution in [0.1, 0.15) is 50.5 Å². The molecule has 19 heavy (non-hydrogen) atoms. The maximum Gasteiger partial charge on any atom is 0.0894 e. The zero-order chi connectivity index (χ0) is 13.8. The number of alkyl halides is 1. The highest BCUT2D eigenvalue weighted by Gasteiger charge is 1.96. The van der Waals surface area contributed by atoms with Crippen LogP contribution < -0.4 is 0 Å². The van der Waals surface area contributed by atoms with Crippen LogP contribution in [0.15, 0.2) is 40.9 Å². The maximum atomic E-state index is 11.9. The van der Waals surface area contributed by atoms with Crippen LogP contribution in [0, 0.1) is 0 Å². The monoisotopic (exact) mass is 326 g/mol. The van der Waals surface area contributed by atoms with Crippen molar-refractivity contribution < 1.29 is 4.39 Å². The van der Waals surface area contributed by atoms with Crippen LogP contribution in [0.25, 0.3) is 0 Å². The van der Waals surface area contributed by atoms with Gasteiger partial charge in [0.1, 0.15) is 0 Å². The van der Waals surface area contributed by atoms with E-state index in [2.05, 4.69) is 52.3 Å². The van der Waals surface area contributed by atoms with Gasteiger partial charge in [-0.05, 0) is 50.2 Å². The van der Waals surface area contributed by atoms with E-state index in [1.165, 1.54) is 22.9 Å². The molecule has 1 aromatic rings. The van der Waals surface area contributed by atoms with E-state index in [1.54, 1.807) is 0 Å². The fourth-order valence-electron chi connectivity index (χ4n) is 2.06. The van der Waals surface area contributed by atoms with Crippen LogP contribution >= 0.6 is 15.9 Å². The Labute approximate surface area is 125 Å². The van der Waals surface area contributed by atoms with Crippen LogP contribution in [-0.2, 0) is 6.42 Å². The molecule has 0 saturated heterocycles. The molecule has 0 aliphatic rings. The summed E-state index contributed by atoms with van der Waals surface area (Å²) in [4.78, 5) is 0. The lowest BCUT2D eigenvalue weighted by Crippen LogP contribution is -1.85. The summed E-state index contributed by atoms with van der Waals surface area (Å²) >= 11 is 3.58. The molecule has 0 fully saturated rings. The average Bonchev–Trinajstić information content (AvgIpc) is 2.43. The van der Waals surface area contributed by atoms with Crippen LogP contribution in [0.4, 0.5) is 4.39 Å². The Morgan fingerprint density at radius 2 is 1.58 bits per heavy atom. The first-order valence-corrected chi connectivity index (χ1v) is 8.08. The zero-order valence-electron chi connectivity index (χ0n) is 11.6. The topological polar surface area (TPSA) is 0 Å². The van der Waals surface area contributed by atoms with Gasteiger partial charge in [0.25, 0.3) is 0 Å². The molecule has 0 aromatic heterocycles. The summed E-state index contributed by atoms with van der Waals surface area (Å²) in [6.07, 6.45) is 13.3. The zero-order valence-corrected chi connectivity index (χ0v) is 13.2. The van der Waals surface area contributed by atoms with Crippen LogP contribution in [0.5, 0.6) is 0 Å². The second-order valence-corrected chi connectivity index (χ2v) is 5.70. The lowest BCUT2D eigenvalue weighted by Gasteiger charge is -2.02. The third kappa shape index (κ3) is 8.20. The van der Waals surface area contributed by atoms with Gasteiger partial charge in [-0.1, -0.05) is 59.1 Å². The quantitative estimate of drug-likeness (QED) is 0.352. The van der Waals surface area contributed by atoms with Gasteiger partial charge in [0.05, 0.1) is 6.67 Å². The lowest BCUT2D eigenvalue weighted by atomic mass is 10.1. The first kappa shape index (κ1) is 16.4. The second-order valence-electron chi connectivity index (χ2n) is 4.85. The molecule has 0 nitrogen and oxygen atoms in total. The van der Waals surface area contributed by atoms with Crippen molar-refractivity contribution in [3.8, 4) is 0 Å². The Morgan fingerprint density at radius 1 is 0.895 bits per heavy atom. The van der Waals surface area contributed by atoms with E-state index >= 15 is 0 Å². The molecule has 0 amide bonds. The lowest BCUT2D eigenvalue weighted by molar-refractivity contribution is 0.453. The van der Waals surface area contributed by atoms with Gasteiger partial charge in [-0.2, -0.15) is 0 Å². The molecular formula is C17H24BrF. The molecule has 106 valence electrons. The molecule has 0 unspecified atom stereocenters. The fraction of sp³-hybridized carbons (Fsp3) is 0.529. The number of hydrogen-bond acceptors (Lipinski definition) is 0. The molecule has 0 spiro atoms. The second kappa shape index (κ2) is 11.2. The van der Waals surface area contributed by atoms with E-state index in [-0.39, 0.29) is 6.67 Å². The molecular weight excluding hydrogens is 303 g/mol. The first-order chi connectivity index (χ1) is 9.34. The summed E-state index contributed by atoms with van der Waals surface area (Å²) < 4.78 is 13.1. The highest BCUT2D eigenvalue weighted by Crippen LogP contribution is 2.18. The largest absolute Gasteiger partial charge is 0.251 e. The highest BCUT2D eigenvalue weighted by molar-refractivity contribution is 9.10. The van der Waals surface area contributed by atoms with E-state index in [0.717, 1.165) is 38.5 Å². The standard InChI is InChI=1S/C17H24BrF/c18-17-14-10-9-13-16(17)12-8-6-4-2-1-3-5-7-11-15-19/h2,4,9-10,13-14H,1,3,5-8,11-12,15H2. The number of aryl methyl sites for hydroxylation is 1. The van der Waals surface area contributed by atoms with Gasteiger partial charge >= 0.3 is 0 Å². The molecule has 0 saturated carbocycles. The first-order valence-electron chi connectivity index (χ1n) is 7.29. The number of allylic oxidation sites excluding steroid dienone is 2. The predicted octanol–water partition coefficient (Wildman–Crippen LogP) is 6.25. The molecule has 0 N–H and O–H groups in total. The molecule has 0 aliphatic carbocycles.